The fourth-order valence-corrected chi connectivity index (χ4v) is 3.71. The predicted molar refractivity (Wildman–Crippen MR) is 78.5 cm³/mol. The van der Waals surface area contributed by atoms with Crippen LogP contribution >= 0.6 is 0 Å². The Morgan fingerprint density at radius 3 is 2.32 bits per heavy atom. The Labute approximate surface area is 141 Å². The summed E-state index contributed by atoms with van der Waals surface area (Å²) in [5.41, 5.74) is -2.57. The van der Waals surface area contributed by atoms with E-state index >= 15 is 0 Å². The third kappa shape index (κ3) is 2.65. The van der Waals surface area contributed by atoms with Crippen molar-refractivity contribution in [3.8, 4) is 5.75 Å². The van der Waals surface area contributed by atoms with Crippen LogP contribution in [0.25, 0.3) is 0 Å². The Hall–Kier alpha value is -1.90. The fraction of sp³-hybridized carbons (Fsp3) is 0.562. The number of benzene rings is 1. The molecule has 0 aliphatic carbocycles. The molecule has 9 heteroatoms. The van der Waals surface area contributed by atoms with Gasteiger partial charge in [-0.25, -0.2) is 4.39 Å². The number of rotatable bonds is 3. The molecule has 140 valence electrons. The SMILES string of the molecule is COc1c([C@H]2[C@H](C(=O)O)N(C)[C@@](C)(C(F)(F)F)[C@H]2C)ccc(F)c1F. The number of halogens is 5. The zero-order valence-electron chi connectivity index (χ0n) is 14.0. The molecule has 1 aromatic rings. The first-order valence-electron chi connectivity index (χ1n) is 7.43. The van der Waals surface area contributed by atoms with Gasteiger partial charge in [0.2, 0.25) is 5.82 Å². The predicted octanol–water partition coefficient (Wildman–Crippen LogP) is 3.41. The van der Waals surface area contributed by atoms with E-state index in [1.807, 2.05) is 0 Å². The molecule has 0 bridgehead atoms. The number of likely N-dealkylation sites (N-methyl/N-ethyl adjacent to an activating group) is 1. The normalized spacial score (nSPS) is 30.5. The number of carbonyl (C=O) groups is 1. The minimum Gasteiger partial charge on any atom is -0.493 e. The van der Waals surface area contributed by atoms with Crippen molar-refractivity contribution in [2.45, 2.75) is 37.5 Å². The van der Waals surface area contributed by atoms with Crippen LogP contribution < -0.4 is 4.74 Å². The number of ether oxygens (including phenoxy) is 1. The summed E-state index contributed by atoms with van der Waals surface area (Å²) in [5.74, 6) is -7.16. The Kier molecular flexibility index (Phi) is 4.75. The molecule has 0 aromatic heterocycles. The van der Waals surface area contributed by atoms with Gasteiger partial charge in [-0.15, -0.1) is 0 Å². The lowest BCUT2D eigenvalue weighted by Crippen LogP contribution is -2.56. The molecule has 0 spiro atoms. The number of hydrogen-bond acceptors (Lipinski definition) is 3. The fourth-order valence-electron chi connectivity index (χ4n) is 3.71. The van der Waals surface area contributed by atoms with Crippen LogP contribution in [0.5, 0.6) is 5.75 Å². The molecular formula is C16H18F5NO3. The van der Waals surface area contributed by atoms with Gasteiger partial charge in [-0.05, 0) is 26.0 Å². The summed E-state index contributed by atoms with van der Waals surface area (Å²) in [6.07, 6.45) is -4.73. The average molecular weight is 367 g/mol. The summed E-state index contributed by atoms with van der Waals surface area (Å²) < 4.78 is 73.4. The second kappa shape index (κ2) is 6.12. The molecule has 1 aliphatic rings. The number of carboxylic acid groups (broad SMARTS) is 1. The first-order valence-corrected chi connectivity index (χ1v) is 7.43. The molecule has 2 rings (SSSR count). The average Bonchev–Trinajstić information content (AvgIpc) is 2.71. The highest BCUT2D eigenvalue weighted by Gasteiger charge is 2.67. The van der Waals surface area contributed by atoms with Crippen molar-refractivity contribution >= 4 is 5.97 Å². The highest BCUT2D eigenvalue weighted by atomic mass is 19.4. The van der Waals surface area contributed by atoms with Gasteiger partial charge in [-0.1, -0.05) is 13.0 Å². The monoisotopic (exact) mass is 367 g/mol. The third-order valence-electron chi connectivity index (χ3n) is 5.39. The molecule has 1 aromatic carbocycles. The number of carboxylic acids is 1. The summed E-state index contributed by atoms with van der Waals surface area (Å²) in [6, 6.07) is 0.243. The molecule has 4 atom stereocenters. The Balaban J connectivity index is 2.72. The molecule has 4 nitrogen and oxygen atoms in total. The number of methoxy groups -OCH3 is 1. The van der Waals surface area contributed by atoms with E-state index < -0.39 is 52.9 Å². The summed E-state index contributed by atoms with van der Waals surface area (Å²) in [4.78, 5) is 12.4. The number of aliphatic carboxylic acids is 1. The van der Waals surface area contributed by atoms with Crippen LogP contribution in [0.3, 0.4) is 0 Å². The summed E-state index contributed by atoms with van der Waals surface area (Å²) >= 11 is 0. The molecule has 1 fully saturated rings. The first kappa shape index (κ1) is 19.4. The lowest BCUT2D eigenvalue weighted by Gasteiger charge is -2.38. The van der Waals surface area contributed by atoms with E-state index in [2.05, 4.69) is 0 Å². The zero-order chi connectivity index (χ0) is 19.3. The van der Waals surface area contributed by atoms with Crippen molar-refractivity contribution in [2.24, 2.45) is 5.92 Å². The van der Waals surface area contributed by atoms with E-state index in [0.717, 1.165) is 38.1 Å². The van der Waals surface area contributed by atoms with Gasteiger partial charge in [0.15, 0.2) is 11.6 Å². The molecule has 1 heterocycles. The van der Waals surface area contributed by atoms with Gasteiger partial charge in [0.25, 0.3) is 0 Å². The number of alkyl halides is 3. The van der Waals surface area contributed by atoms with Gasteiger partial charge in [-0.3, -0.25) is 9.69 Å². The molecule has 1 saturated heterocycles. The van der Waals surface area contributed by atoms with Crippen LogP contribution in [0.15, 0.2) is 12.1 Å². The minimum absolute atomic E-state index is 0.110. The van der Waals surface area contributed by atoms with Crippen LogP contribution in [0.1, 0.15) is 25.3 Å². The molecule has 1 N–H and O–H groups in total. The minimum atomic E-state index is -4.73. The highest BCUT2D eigenvalue weighted by molar-refractivity contribution is 5.76. The number of likely N-dealkylation sites (tertiary alicyclic amines) is 1. The van der Waals surface area contributed by atoms with Crippen LogP contribution in [0.2, 0.25) is 0 Å². The van der Waals surface area contributed by atoms with Crippen LogP contribution in [0, 0.1) is 17.6 Å². The molecule has 25 heavy (non-hydrogen) atoms. The molecular weight excluding hydrogens is 349 g/mol. The van der Waals surface area contributed by atoms with Crippen molar-refractivity contribution in [3.63, 3.8) is 0 Å². The van der Waals surface area contributed by atoms with Crippen molar-refractivity contribution in [3.05, 3.63) is 29.3 Å². The molecule has 0 saturated carbocycles. The first-order chi connectivity index (χ1) is 11.4. The van der Waals surface area contributed by atoms with E-state index in [-0.39, 0.29) is 5.56 Å². The smallest absolute Gasteiger partial charge is 0.406 e. The Bertz CT molecular complexity index is 693. The lowest BCUT2D eigenvalue weighted by molar-refractivity contribution is -0.227. The molecule has 1 aliphatic heterocycles. The van der Waals surface area contributed by atoms with Crippen molar-refractivity contribution in [2.75, 3.05) is 14.2 Å². The van der Waals surface area contributed by atoms with E-state index in [1.54, 1.807) is 0 Å². The van der Waals surface area contributed by atoms with Crippen LogP contribution in [0.4, 0.5) is 22.0 Å². The molecule has 0 radical (unpaired) electrons. The summed E-state index contributed by atoms with van der Waals surface area (Å²) in [6.45, 7) is 2.15. The second-order valence-electron chi connectivity index (χ2n) is 6.34. The van der Waals surface area contributed by atoms with Crippen molar-refractivity contribution < 1.29 is 36.6 Å². The van der Waals surface area contributed by atoms with Gasteiger partial charge >= 0.3 is 12.1 Å². The van der Waals surface area contributed by atoms with Crippen LogP contribution in [-0.2, 0) is 4.79 Å². The van der Waals surface area contributed by atoms with E-state index in [0.29, 0.717) is 0 Å². The van der Waals surface area contributed by atoms with Crippen molar-refractivity contribution in [1.82, 2.24) is 4.90 Å². The van der Waals surface area contributed by atoms with E-state index in [9.17, 15) is 31.9 Å². The van der Waals surface area contributed by atoms with Gasteiger partial charge in [0, 0.05) is 11.5 Å². The topological polar surface area (TPSA) is 49.8 Å². The Morgan fingerprint density at radius 2 is 1.88 bits per heavy atom. The number of nitrogens with zero attached hydrogens (tertiary/aromatic N) is 1. The maximum absolute atomic E-state index is 14.0. The molecule has 0 amide bonds. The second-order valence-corrected chi connectivity index (χ2v) is 6.34. The Morgan fingerprint density at radius 1 is 1.32 bits per heavy atom. The van der Waals surface area contributed by atoms with E-state index in [4.69, 9.17) is 4.74 Å². The quantitative estimate of drug-likeness (QED) is 0.832. The lowest BCUT2D eigenvalue weighted by atomic mass is 9.77. The number of hydrogen-bond donors (Lipinski definition) is 1. The van der Waals surface area contributed by atoms with Gasteiger partial charge in [0.1, 0.15) is 11.6 Å². The summed E-state index contributed by atoms with van der Waals surface area (Å²) in [5, 5.41) is 9.50. The van der Waals surface area contributed by atoms with E-state index in [1.165, 1.54) is 6.92 Å². The van der Waals surface area contributed by atoms with Gasteiger partial charge < -0.3 is 9.84 Å². The zero-order valence-corrected chi connectivity index (χ0v) is 14.0. The third-order valence-corrected chi connectivity index (χ3v) is 5.39. The maximum atomic E-state index is 14.0. The highest BCUT2D eigenvalue weighted by Crippen LogP contribution is 2.55. The largest absolute Gasteiger partial charge is 0.493 e. The maximum Gasteiger partial charge on any atom is 0.406 e. The summed E-state index contributed by atoms with van der Waals surface area (Å²) in [7, 11) is 2.11. The van der Waals surface area contributed by atoms with Gasteiger partial charge in [-0.2, -0.15) is 17.6 Å². The molecule has 0 unspecified atom stereocenters. The van der Waals surface area contributed by atoms with Gasteiger partial charge in [0.05, 0.1) is 7.11 Å². The standard InChI is InChI=1S/C16H18F5NO3/c1-7-10(8-5-6-9(17)11(18)13(8)25-4)12(14(23)24)22(3)15(7,2)16(19,20)21/h5-7,10,12H,1-4H3,(H,23,24)/t7-,10-,12+,15+/m0/s1. The van der Waals surface area contributed by atoms with Crippen LogP contribution in [-0.4, -0.2) is 47.9 Å². The van der Waals surface area contributed by atoms with Crippen molar-refractivity contribution in [1.29, 1.82) is 0 Å².